The van der Waals surface area contributed by atoms with Crippen molar-refractivity contribution >= 4 is 32.5 Å². The topological polar surface area (TPSA) is 117 Å². The van der Waals surface area contributed by atoms with Gasteiger partial charge >= 0.3 is 0 Å². The zero-order valence-electron chi connectivity index (χ0n) is 16.2. The molecule has 0 spiro atoms. The van der Waals surface area contributed by atoms with Crippen LogP contribution in [0.3, 0.4) is 0 Å². The summed E-state index contributed by atoms with van der Waals surface area (Å²) in [6.45, 7) is 2.69. The number of fused-ring (bicyclic) bond motifs is 1. The van der Waals surface area contributed by atoms with Gasteiger partial charge in [0.25, 0.3) is 11.6 Å². The molecule has 1 aliphatic rings. The van der Waals surface area contributed by atoms with Crippen molar-refractivity contribution in [2.45, 2.75) is 11.8 Å². The highest BCUT2D eigenvalue weighted by molar-refractivity contribution is 7.89. The summed E-state index contributed by atoms with van der Waals surface area (Å²) in [5, 5.41) is 11.9. The molecule has 1 aromatic heterocycles. The molecule has 1 fully saturated rings. The number of benzene rings is 2. The molecule has 2 heterocycles. The van der Waals surface area contributed by atoms with Crippen LogP contribution in [0.2, 0.25) is 0 Å². The minimum atomic E-state index is -3.87. The van der Waals surface area contributed by atoms with Gasteiger partial charge in [0.2, 0.25) is 10.0 Å². The third-order valence-corrected chi connectivity index (χ3v) is 7.10. The maximum atomic E-state index is 12.9. The molecule has 1 saturated heterocycles. The molecule has 0 bridgehead atoms. The Bertz CT molecular complexity index is 1240. The average molecular weight is 428 g/mol. The van der Waals surface area contributed by atoms with Crippen LogP contribution in [0.1, 0.15) is 16.1 Å². The summed E-state index contributed by atoms with van der Waals surface area (Å²) in [6, 6.07) is 12.7. The van der Waals surface area contributed by atoms with Crippen molar-refractivity contribution in [2.24, 2.45) is 0 Å². The van der Waals surface area contributed by atoms with Gasteiger partial charge in [-0.2, -0.15) is 4.31 Å². The van der Waals surface area contributed by atoms with E-state index in [1.165, 1.54) is 22.5 Å². The van der Waals surface area contributed by atoms with Crippen LogP contribution in [-0.2, 0) is 10.0 Å². The highest BCUT2D eigenvalue weighted by Crippen LogP contribution is 2.23. The van der Waals surface area contributed by atoms with Crippen molar-refractivity contribution in [2.75, 3.05) is 26.2 Å². The number of nitro groups is 1. The van der Waals surface area contributed by atoms with Crippen LogP contribution in [0, 0.1) is 17.0 Å². The van der Waals surface area contributed by atoms with Crippen LogP contribution in [0.4, 0.5) is 5.69 Å². The summed E-state index contributed by atoms with van der Waals surface area (Å²) in [6.07, 6.45) is 0. The van der Waals surface area contributed by atoms with Crippen molar-refractivity contribution in [3.05, 3.63) is 69.9 Å². The molecule has 156 valence electrons. The molecule has 0 saturated carbocycles. The maximum absolute atomic E-state index is 12.9. The largest absolute Gasteiger partial charge is 0.351 e. The van der Waals surface area contributed by atoms with E-state index in [0.29, 0.717) is 5.69 Å². The third-order valence-electron chi connectivity index (χ3n) is 5.20. The maximum Gasteiger partial charge on any atom is 0.270 e. The number of amides is 1. The van der Waals surface area contributed by atoms with Gasteiger partial charge in [0.05, 0.1) is 9.82 Å². The second-order valence-corrected chi connectivity index (χ2v) is 9.16. The Hall–Kier alpha value is -3.24. The lowest BCUT2D eigenvalue weighted by Crippen LogP contribution is -2.50. The van der Waals surface area contributed by atoms with Crippen molar-refractivity contribution in [1.82, 2.24) is 14.2 Å². The average Bonchev–Trinajstić information content (AvgIpc) is 3.16. The predicted molar refractivity (Wildman–Crippen MR) is 111 cm³/mol. The Labute approximate surface area is 173 Å². The van der Waals surface area contributed by atoms with Crippen LogP contribution in [-0.4, -0.2) is 59.6 Å². The summed E-state index contributed by atoms with van der Waals surface area (Å²) in [7, 11) is -3.87. The molecule has 2 aromatic carbocycles. The molecule has 0 atom stereocenters. The van der Waals surface area contributed by atoms with E-state index in [1.807, 2.05) is 25.1 Å². The van der Waals surface area contributed by atoms with Crippen molar-refractivity contribution in [3.8, 4) is 0 Å². The number of aryl methyl sites for hydroxylation is 1. The van der Waals surface area contributed by atoms with Crippen molar-refractivity contribution in [1.29, 1.82) is 0 Å². The first kappa shape index (κ1) is 20.0. The molecule has 4 rings (SSSR count). The number of rotatable bonds is 4. The fraction of sp³-hybridized carbons (Fsp3) is 0.250. The predicted octanol–water partition coefficient (Wildman–Crippen LogP) is 2.53. The van der Waals surface area contributed by atoms with Gasteiger partial charge in [-0.05, 0) is 30.7 Å². The van der Waals surface area contributed by atoms with Gasteiger partial charge in [0, 0.05) is 49.2 Å². The van der Waals surface area contributed by atoms with E-state index < -0.39 is 14.9 Å². The van der Waals surface area contributed by atoms with Gasteiger partial charge in [-0.15, -0.1) is 0 Å². The second-order valence-electron chi connectivity index (χ2n) is 7.22. The number of nitro benzene ring substituents is 1. The lowest BCUT2D eigenvalue weighted by molar-refractivity contribution is -0.385. The Kier molecular flexibility index (Phi) is 5.04. The van der Waals surface area contributed by atoms with E-state index >= 15 is 0 Å². The highest BCUT2D eigenvalue weighted by Gasteiger charge is 2.31. The van der Waals surface area contributed by atoms with E-state index in [9.17, 15) is 23.3 Å². The minimum absolute atomic E-state index is 0.121. The number of carbonyl (C=O) groups is 1. The zero-order chi connectivity index (χ0) is 21.5. The Balaban J connectivity index is 1.48. The number of aromatic nitrogens is 1. The van der Waals surface area contributed by atoms with Crippen LogP contribution in [0.25, 0.3) is 10.9 Å². The second kappa shape index (κ2) is 7.54. The molecule has 3 aromatic rings. The number of carbonyl (C=O) groups excluding carboxylic acids is 1. The van der Waals surface area contributed by atoms with Gasteiger partial charge in [-0.3, -0.25) is 14.9 Å². The summed E-state index contributed by atoms with van der Waals surface area (Å²) < 4.78 is 27.0. The standard InChI is InChI=1S/C20H20N4O5S/c1-14-5-6-15-12-19(21-18(15)11-14)20(25)22-7-9-23(10-8-22)30(28,29)17-4-2-3-16(13-17)24(26)27/h2-6,11-13,21H,7-10H2,1H3. The van der Waals surface area contributed by atoms with E-state index in [4.69, 9.17) is 0 Å². The number of nitrogens with one attached hydrogen (secondary N) is 1. The first-order valence-electron chi connectivity index (χ1n) is 9.39. The number of hydrogen-bond donors (Lipinski definition) is 1. The molecular weight excluding hydrogens is 408 g/mol. The van der Waals surface area contributed by atoms with Crippen LogP contribution in [0.15, 0.2) is 53.4 Å². The fourth-order valence-electron chi connectivity index (χ4n) is 3.56. The molecule has 1 amide bonds. The van der Waals surface area contributed by atoms with E-state index in [-0.39, 0.29) is 42.7 Å². The lowest BCUT2D eigenvalue weighted by atomic mass is 10.2. The van der Waals surface area contributed by atoms with Crippen molar-refractivity contribution < 1.29 is 18.1 Å². The number of nitrogens with zero attached hydrogens (tertiary/aromatic N) is 3. The van der Waals surface area contributed by atoms with Gasteiger partial charge in [-0.1, -0.05) is 18.2 Å². The van der Waals surface area contributed by atoms with E-state index in [0.717, 1.165) is 22.5 Å². The summed E-state index contributed by atoms with van der Waals surface area (Å²) in [5.41, 5.74) is 2.15. The quantitative estimate of drug-likeness (QED) is 0.506. The normalized spacial score (nSPS) is 15.4. The summed E-state index contributed by atoms with van der Waals surface area (Å²) in [5.74, 6) is -0.184. The zero-order valence-corrected chi connectivity index (χ0v) is 17.1. The summed E-state index contributed by atoms with van der Waals surface area (Å²) >= 11 is 0. The third kappa shape index (κ3) is 3.66. The van der Waals surface area contributed by atoms with Gasteiger partial charge < -0.3 is 9.88 Å². The molecule has 1 aliphatic heterocycles. The SMILES string of the molecule is Cc1ccc2cc(C(=O)N3CCN(S(=O)(=O)c4cccc([N+](=O)[O-])c4)CC3)[nH]c2c1. The number of H-pyrrole nitrogens is 1. The van der Waals surface area contributed by atoms with E-state index in [1.54, 1.807) is 11.0 Å². The Morgan fingerprint density at radius 3 is 2.50 bits per heavy atom. The molecule has 0 aliphatic carbocycles. The smallest absolute Gasteiger partial charge is 0.270 e. The molecular formula is C20H20N4O5S. The van der Waals surface area contributed by atoms with Crippen LogP contribution in [0.5, 0.6) is 0 Å². The van der Waals surface area contributed by atoms with Gasteiger partial charge in [0.15, 0.2) is 0 Å². The Morgan fingerprint density at radius 2 is 1.80 bits per heavy atom. The number of sulfonamides is 1. The first-order valence-corrected chi connectivity index (χ1v) is 10.8. The number of non-ortho nitro benzene ring substituents is 1. The van der Waals surface area contributed by atoms with E-state index in [2.05, 4.69) is 4.98 Å². The van der Waals surface area contributed by atoms with Crippen molar-refractivity contribution in [3.63, 3.8) is 0 Å². The number of hydrogen-bond acceptors (Lipinski definition) is 5. The number of piperazine rings is 1. The monoisotopic (exact) mass is 428 g/mol. The number of aromatic amines is 1. The molecule has 0 radical (unpaired) electrons. The highest BCUT2D eigenvalue weighted by atomic mass is 32.2. The molecule has 30 heavy (non-hydrogen) atoms. The van der Waals surface area contributed by atoms with Crippen LogP contribution < -0.4 is 0 Å². The fourth-order valence-corrected chi connectivity index (χ4v) is 5.03. The Morgan fingerprint density at radius 1 is 1.07 bits per heavy atom. The first-order chi connectivity index (χ1) is 14.3. The molecule has 10 heteroatoms. The van der Waals surface area contributed by atoms with Gasteiger partial charge in [0.1, 0.15) is 5.69 Å². The minimum Gasteiger partial charge on any atom is -0.351 e. The lowest BCUT2D eigenvalue weighted by Gasteiger charge is -2.33. The molecule has 0 unspecified atom stereocenters. The molecule has 9 nitrogen and oxygen atoms in total. The van der Waals surface area contributed by atoms with Gasteiger partial charge in [-0.25, -0.2) is 8.42 Å². The summed E-state index contributed by atoms with van der Waals surface area (Å²) in [4.78, 5) is 27.8. The molecule has 1 N–H and O–H groups in total. The van der Waals surface area contributed by atoms with Crippen LogP contribution >= 0.6 is 0 Å².